The lowest BCUT2D eigenvalue weighted by atomic mass is 10.1. The molecule has 2 saturated heterocycles. The van der Waals surface area contributed by atoms with Gasteiger partial charge in [-0.3, -0.25) is 9.80 Å². The second kappa shape index (κ2) is 9.61. The van der Waals surface area contributed by atoms with E-state index in [2.05, 4.69) is 57.8 Å². The predicted molar refractivity (Wildman–Crippen MR) is 128 cm³/mol. The molecule has 1 atom stereocenters. The maximum atomic E-state index is 5.50. The molecule has 1 N–H and O–H groups in total. The molecule has 2 aliphatic rings. The molecule has 2 aromatic heterocycles. The van der Waals surface area contributed by atoms with E-state index < -0.39 is 0 Å². The van der Waals surface area contributed by atoms with Crippen LogP contribution in [0, 0.1) is 0 Å². The first-order chi connectivity index (χ1) is 15.3. The van der Waals surface area contributed by atoms with E-state index in [-0.39, 0.29) is 0 Å². The number of benzene rings is 1. The third kappa shape index (κ3) is 4.60. The molecule has 1 aromatic carbocycles. The summed E-state index contributed by atoms with van der Waals surface area (Å²) < 4.78 is 5.50. The van der Waals surface area contributed by atoms with Crippen LogP contribution >= 0.6 is 11.3 Å². The Labute approximate surface area is 188 Å². The van der Waals surface area contributed by atoms with E-state index in [0.29, 0.717) is 6.04 Å². The number of morpholine rings is 1. The van der Waals surface area contributed by atoms with Gasteiger partial charge in [0.1, 0.15) is 16.5 Å². The number of nitrogens with one attached hydrogen (secondary N) is 1. The maximum Gasteiger partial charge on any atom is 0.146 e. The van der Waals surface area contributed by atoms with Gasteiger partial charge in [0.2, 0.25) is 0 Å². The first kappa shape index (κ1) is 20.8. The topological polar surface area (TPSA) is 53.5 Å². The Kier molecular flexibility index (Phi) is 6.45. The SMILES string of the molecule is CCN1CCC[C@@H]1CNc1nc(CN2CCOCC2)nc2scc(-c3ccccc3)c12. The number of fused-ring (bicyclic) bond motifs is 1. The van der Waals surface area contributed by atoms with Gasteiger partial charge in [0.25, 0.3) is 0 Å². The number of nitrogens with zero attached hydrogens (tertiary/aromatic N) is 4. The summed E-state index contributed by atoms with van der Waals surface area (Å²) in [6.45, 7) is 9.75. The van der Waals surface area contributed by atoms with Crippen molar-refractivity contribution < 1.29 is 4.74 Å². The zero-order valence-electron chi connectivity index (χ0n) is 18.2. The summed E-state index contributed by atoms with van der Waals surface area (Å²) in [7, 11) is 0. The molecule has 0 radical (unpaired) electrons. The van der Waals surface area contributed by atoms with Gasteiger partial charge >= 0.3 is 0 Å². The summed E-state index contributed by atoms with van der Waals surface area (Å²) in [5.41, 5.74) is 2.44. The minimum Gasteiger partial charge on any atom is -0.379 e. The molecular formula is C24H31N5OS. The molecule has 0 unspecified atom stereocenters. The van der Waals surface area contributed by atoms with E-state index in [9.17, 15) is 0 Å². The van der Waals surface area contributed by atoms with E-state index in [1.54, 1.807) is 11.3 Å². The highest BCUT2D eigenvalue weighted by molar-refractivity contribution is 7.17. The van der Waals surface area contributed by atoms with Crippen molar-refractivity contribution in [3.8, 4) is 11.1 Å². The molecule has 164 valence electrons. The first-order valence-electron chi connectivity index (χ1n) is 11.4. The summed E-state index contributed by atoms with van der Waals surface area (Å²) in [5.74, 6) is 1.88. The summed E-state index contributed by atoms with van der Waals surface area (Å²) in [6, 6.07) is 11.2. The zero-order chi connectivity index (χ0) is 21.0. The van der Waals surface area contributed by atoms with Crippen molar-refractivity contribution in [2.75, 3.05) is 51.3 Å². The quantitative estimate of drug-likeness (QED) is 0.601. The van der Waals surface area contributed by atoms with Crippen LogP contribution in [0.5, 0.6) is 0 Å². The van der Waals surface area contributed by atoms with Gasteiger partial charge < -0.3 is 10.1 Å². The van der Waals surface area contributed by atoms with Gasteiger partial charge in [-0.15, -0.1) is 11.3 Å². The lowest BCUT2D eigenvalue weighted by Gasteiger charge is -2.26. The highest BCUT2D eigenvalue weighted by Crippen LogP contribution is 2.37. The van der Waals surface area contributed by atoms with Crippen molar-refractivity contribution in [2.24, 2.45) is 0 Å². The summed E-state index contributed by atoms with van der Waals surface area (Å²) in [6.07, 6.45) is 2.54. The minimum atomic E-state index is 0.580. The fourth-order valence-corrected chi connectivity index (χ4v) is 5.70. The first-order valence-corrected chi connectivity index (χ1v) is 12.3. The van der Waals surface area contributed by atoms with Crippen LogP contribution in [0.25, 0.3) is 21.3 Å². The summed E-state index contributed by atoms with van der Waals surface area (Å²) in [5, 5.41) is 7.12. The van der Waals surface area contributed by atoms with Crippen molar-refractivity contribution >= 4 is 27.4 Å². The monoisotopic (exact) mass is 437 g/mol. The van der Waals surface area contributed by atoms with E-state index >= 15 is 0 Å². The molecule has 0 saturated carbocycles. The molecule has 2 fully saturated rings. The lowest BCUT2D eigenvalue weighted by Crippen LogP contribution is -2.36. The summed E-state index contributed by atoms with van der Waals surface area (Å²) >= 11 is 1.72. The number of thiophene rings is 1. The van der Waals surface area contributed by atoms with E-state index in [1.807, 2.05) is 0 Å². The van der Waals surface area contributed by atoms with Gasteiger partial charge in [-0.1, -0.05) is 37.3 Å². The largest absolute Gasteiger partial charge is 0.379 e. The van der Waals surface area contributed by atoms with Gasteiger partial charge in [0, 0.05) is 36.6 Å². The van der Waals surface area contributed by atoms with Gasteiger partial charge in [0.05, 0.1) is 25.1 Å². The molecule has 31 heavy (non-hydrogen) atoms. The van der Waals surface area contributed by atoms with Gasteiger partial charge in [-0.2, -0.15) is 0 Å². The van der Waals surface area contributed by atoms with Crippen LogP contribution in [-0.2, 0) is 11.3 Å². The van der Waals surface area contributed by atoms with Gasteiger partial charge in [-0.25, -0.2) is 9.97 Å². The van der Waals surface area contributed by atoms with Crippen molar-refractivity contribution in [3.05, 3.63) is 41.5 Å². The second-order valence-electron chi connectivity index (χ2n) is 8.38. The van der Waals surface area contributed by atoms with Crippen LogP contribution < -0.4 is 5.32 Å². The highest BCUT2D eigenvalue weighted by atomic mass is 32.1. The fourth-order valence-electron chi connectivity index (χ4n) is 4.73. The Morgan fingerprint density at radius 2 is 1.97 bits per heavy atom. The minimum absolute atomic E-state index is 0.580. The molecule has 2 aliphatic heterocycles. The Hall–Kier alpha value is -2.06. The van der Waals surface area contributed by atoms with Crippen LogP contribution in [0.3, 0.4) is 0 Å². The number of anilines is 1. The lowest BCUT2D eigenvalue weighted by molar-refractivity contribution is 0.0331. The molecule has 3 aromatic rings. The third-order valence-electron chi connectivity index (χ3n) is 6.44. The van der Waals surface area contributed by atoms with Gasteiger partial charge in [0.15, 0.2) is 0 Å². The molecule has 6 nitrogen and oxygen atoms in total. The Balaban J connectivity index is 1.48. The van der Waals surface area contributed by atoms with E-state index in [0.717, 1.165) is 67.8 Å². The molecule has 4 heterocycles. The third-order valence-corrected chi connectivity index (χ3v) is 7.32. The van der Waals surface area contributed by atoms with Crippen molar-refractivity contribution in [2.45, 2.75) is 32.4 Å². The molecule has 0 amide bonds. The Morgan fingerprint density at radius 1 is 1.13 bits per heavy atom. The molecule has 5 rings (SSSR count). The second-order valence-corrected chi connectivity index (χ2v) is 9.24. The maximum absolute atomic E-state index is 5.50. The fraction of sp³-hybridized carbons (Fsp3) is 0.500. The van der Waals surface area contributed by atoms with Crippen molar-refractivity contribution in [1.82, 2.24) is 19.8 Å². The van der Waals surface area contributed by atoms with Crippen LogP contribution in [0.1, 0.15) is 25.6 Å². The number of likely N-dealkylation sites (N-methyl/N-ethyl adjacent to an activating group) is 1. The smallest absolute Gasteiger partial charge is 0.146 e. The number of hydrogen-bond donors (Lipinski definition) is 1. The van der Waals surface area contributed by atoms with E-state index in [1.165, 1.54) is 30.5 Å². The van der Waals surface area contributed by atoms with Crippen molar-refractivity contribution in [1.29, 1.82) is 0 Å². The predicted octanol–water partition coefficient (Wildman–Crippen LogP) is 4.09. The molecular weight excluding hydrogens is 406 g/mol. The number of hydrogen-bond acceptors (Lipinski definition) is 7. The van der Waals surface area contributed by atoms with Gasteiger partial charge in [-0.05, 0) is 31.5 Å². The van der Waals surface area contributed by atoms with E-state index in [4.69, 9.17) is 14.7 Å². The van der Waals surface area contributed by atoms with Crippen LogP contribution in [-0.4, -0.2) is 71.7 Å². The average molecular weight is 438 g/mol. The summed E-state index contributed by atoms with van der Waals surface area (Å²) in [4.78, 5) is 16.0. The molecule has 0 bridgehead atoms. The Bertz CT molecular complexity index is 1000. The average Bonchev–Trinajstić information content (AvgIpc) is 3.45. The van der Waals surface area contributed by atoms with Crippen LogP contribution in [0.4, 0.5) is 5.82 Å². The number of rotatable bonds is 7. The number of likely N-dealkylation sites (tertiary alicyclic amines) is 1. The van der Waals surface area contributed by atoms with Crippen molar-refractivity contribution in [3.63, 3.8) is 0 Å². The zero-order valence-corrected chi connectivity index (χ0v) is 19.0. The van der Waals surface area contributed by atoms with Crippen LogP contribution in [0.15, 0.2) is 35.7 Å². The standard InChI is InChI=1S/C24H31N5OS/c1-2-29-10-6-9-19(29)15-25-23-22-20(18-7-4-3-5-8-18)17-31-24(22)27-21(26-23)16-28-11-13-30-14-12-28/h3-5,7-8,17,19H,2,6,9-16H2,1H3,(H,25,26,27)/t19-/m1/s1. The Morgan fingerprint density at radius 3 is 2.77 bits per heavy atom. The number of ether oxygens (including phenoxy) is 1. The highest BCUT2D eigenvalue weighted by Gasteiger charge is 2.24. The van der Waals surface area contributed by atoms with Crippen LogP contribution in [0.2, 0.25) is 0 Å². The number of aromatic nitrogens is 2. The normalized spacial score (nSPS) is 20.5. The molecule has 0 spiro atoms. The molecule has 0 aliphatic carbocycles. The molecule has 7 heteroatoms.